The van der Waals surface area contributed by atoms with Crippen molar-refractivity contribution in [1.29, 1.82) is 0 Å². The van der Waals surface area contributed by atoms with Crippen LogP contribution in [-0.2, 0) is 23.2 Å². The highest BCUT2D eigenvalue weighted by molar-refractivity contribution is 8.24. The molecule has 0 amide bonds. The van der Waals surface area contributed by atoms with Gasteiger partial charge in [0.2, 0.25) is 0 Å². The van der Waals surface area contributed by atoms with Crippen LogP contribution in [0.25, 0.3) is 0 Å². The molecule has 0 bridgehead atoms. The maximum absolute atomic E-state index is 12.1. The molecule has 8 nitrogen and oxygen atoms in total. The third-order valence-corrected chi connectivity index (χ3v) is 6.10. The predicted molar refractivity (Wildman–Crippen MR) is 163 cm³/mol. The summed E-state index contributed by atoms with van der Waals surface area (Å²) in [5.74, 6) is 0.0537. The summed E-state index contributed by atoms with van der Waals surface area (Å²) in [4.78, 5) is 11.6. The van der Waals surface area contributed by atoms with E-state index in [-0.39, 0.29) is 19.3 Å². The minimum atomic E-state index is -3.70. The van der Waals surface area contributed by atoms with Crippen LogP contribution in [0.15, 0.2) is 48.5 Å². The summed E-state index contributed by atoms with van der Waals surface area (Å²) < 4.78 is 47.1. The topological polar surface area (TPSA) is 108 Å². The summed E-state index contributed by atoms with van der Waals surface area (Å²) in [6.45, 7) is 1.22. The SMILES string of the molecule is C.CC(C)OC(=O)[C@H](C)NP(=O)(Cl)Oc1ccc(Cl)cc1.O=P(Cl)(Cl)Cl.O=P(Cl)(Cl)Oc1ccc(Cl)cc1. The van der Waals surface area contributed by atoms with Gasteiger partial charge in [0.15, 0.2) is 0 Å². The standard InChI is InChI=1S/C12H16Cl2NO4P.C6H4Cl3O2P.CH4.Cl3OP/c1-8(2)18-12(16)9(3)15-20(14,17)19-11-6-4-10(13)5-7-11;7-5-1-3-6(4-2-5)11-12(8,9)10;;1-5(2,3)4/h4-9H,1-3H3,(H,15,17);1-4H;1H4;/t9-,20?;;;/m0.../s1. The zero-order valence-electron chi connectivity index (χ0n) is 19.0. The fraction of sp³-hybridized carbons (Fsp3) is 0.316. The molecule has 0 aliphatic heterocycles. The summed E-state index contributed by atoms with van der Waals surface area (Å²) >= 11 is 41.3. The Kier molecular flexibility index (Phi) is 20.1. The van der Waals surface area contributed by atoms with Crippen LogP contribution in [0.2, 0.25) is 10.0 Å². The molecule has 1 unspecified atom stereocenters. The summed E-state index contributed by atoms with van der Waals surface area (Å²) in [6, 6.07) is 11.6. The van der Waals surface area contributed by atoms with Gasteiger partial charge in [0, 0.05) is 43.8 Å². The molecule has 0 aromatic heterocycles. The Morgan fingerprint density at radius 1 is 0.737 bits per heavy atom. The van der Waals surface area contributed by atoms with Crippen LogP contribution in [0.4, 0.5) is 0 Å². The lowest BCUT2D eigenvalue weighted by atomic mass is 10.3. The molecule has 2 aromatic carbocycles. The molecule has 2 atom stereocenters. The molecule has 0 spiro atoms. The van der Waals surface area contributed by atoms with Gasteiger partial charge in [-0.1, -0.05) is 30.6 Å². The number of nitrogens with one attached hydrogen (secondary N) is 1. The number of carbonyl (C=O) groups is 1. The first kappa shape index (κ1) is 40.6. The maximum atomic E-state index is 12.1. The molecule has 0 fully saturated rings. The molecule has 0 radical (unpaired) electrons. The van der Waals surface area contributed by atoms with Crippen LogP contribution < -0.4 is 14.1 Å². The average molecular weight is 755 g/mol. The van der Waals surface area contributed by atoms with Crippen LogP contribution in [0.1, 0.15) is 28.2 Å². The second kappa shape index (κ2) is 18.8. The van der Waals surface area contributed by atoms with Gasteiger partial charge in [0.05, 0.1) is 6.10 Å². The molecule has 19 heteroatoms. The lowest BCUT2D eigenvalue weighted by Gasteiger charge is -2.19. The maximum Gasteiger partial charge on any atom is 0.428 e. The smallest absolute Gasteiger partial charge is 0.428 e. The minimum absolute atomic E-state index is 0. The van der Waals surface area contributed by atoms with Crippen molar-refractivity contribution < 1.29 is 32.3 Å². The largest absolute Gasteiger partial charge is 0.462 e. The van der Waals surface area contributed by atoms with Crippen LogP contribution in [0, 0.1) is 0 Å². The lowest BCUT2D eigenvalue weighted by molar-refractivity contribution is -0.149. The highest BCUT2D eigenvalue weighted by atomic mass is 36.0. The zero-order chi connectivity index (χ0) is 29.0. The van der Waals surface area contributed by atoms with E-state index in [0.717, 1.165) is 0 Å². The molecule has 0 aliphatic carbocycles. The van der Waals surface area contributed by atoms with E-state index < -0.39 is 30.2 Å². The summed E-state index contributed by atoms with van der Waals surface area (Å²) in [7, 11) is 0. The third kappa shape index (κ3) is 24.3. The first-order chi connectivity index (χ1) is 16.7. The Morgan fingerprint density at radius 3 is 1.39 bits per heavy atom. The number of esters is 1. The highest BCUT2D eigenvalue weighted by Crippen LogP contribution is 2.61. The number of carbonyl (C=O) groups excluding carboxylic acids is 1. The van der Waals surface area contributed by atoms with E-state index in [1.54, 1.807) is 38.1 Å². The Morgan fingerprint density at radius 2 is 1.08 bits per heavy atom. The summed E-state index contributed by atoms with van der Waals surface area (Å²) in [5.41, 5.74) is 0. The monoisotopic (exact) mass is 751 g/mol. The van der Waals surface area contributed by atoms with Crippen LogP contribution in [0.3, 0.4) is 0 Å². The molecular weight excluding hydrogens is 731 g/mol. The molecular formula is C19H24Cl8NO7P3. The normalized spacial score (nSPS) is 13.3. The van der Waals surface area contributed by atoms with Gasteiger partial charge >= 0.3 is 24.1 Å². The first-order valence-electron chi connectivity index (χ1n) is 9.53. The molecule has 2 rings (SSSR count). The van der Waals surface area contributed by atoms with Crippen molar-refractivity contribution in [1.82, 2.24) is 5.09 Å². The second-order valence-corrected chi connectivity index (χ2v) is 21.2. The van der Waals surface area contributed by atoms with E-state index in [4.69, 9.17) is 66.2 Å². The van der Waals surface area contributed by atoms with Crippen molar-refractivity contribution in [2.45, 2.75) is 40.3 Å². The fourth-order valence-corrected chi connectivity index (χ4v) is 4.68. The van der Waals surface area contributed by atoms with Crippen molar-refractivity contribution in [2.75, 3.05) is 0 Å². The third-order valence-electron chi connectivity index (χ3n) is 3.12. The van der Waals surface area contributed by atoms with Gasteiger partial charge in [-0.2, -0.15) is 0 Å². The number of rotatable bonds is 8. The fourth-order valence-electron chi connectivity index (χ4n) is 1.89. The summed E-state index contributed by atoms with van der Waals surface area (Å²) in [5, 5.41) is 0.267. The van der Waals surface area contributed by atoms with E-state index >= 15 is 0 Å². The molecule has 0 aliphatic rings. The van der Waals surface area contributed by atoms with E-state index in [2.05, 4.69) is 43.3 Å². The van der Waals surface area contributed by atoms with E-state index in [1.165, 1.54) is 31.2 Å². The van der Waals surface area contributed by atoms with Crippen LogP contribution in [-0.4, -0.2) is 18.1 Å². The van der Waals surface area contributed by atoms with Gasteiger partial charge < -0.3 is 13.8 Å². The van der Waals surface area contributed by atoms with Gasteiger partial charge in [0.25, 0.3) is 0 Å². The van der Waals surface area contributed by atoms with Gasteiger partial charge in [0.1, 0.15) is 17.5 Å². The van der Waals surface area contributed by atoms with Gasteiger partial charge in [-0.3, -0.25) is 9.36 Å². The Hall–Kier alpha value is 0.480. The number of ether oxygens (including phenoxy) is 1. The average Bonchev–Trinajstić information content (AvgIpc) is 2.69. The Balaban J connectivity index is 0. The molecule has 0 saturated carbocycles. The highest BCUT2D eigenvalue weighted by Gasteiger charge is 2.28. The van der Waals surface area contributed by atoms with Crippen LogP contribution >= 0.6 is 109 Å². The van der Waals surface area contributed by atoms with E-state index in [1.807, 2.05) is 0 Å². The van der Waals surface area contributed by atoms with E-state index in [0.29, 0.717) is 15.8 Å². The van der Waals surface area contributed by atoms with Crippen molar-refractivity contribution >= 4 is 115 Å². The number of hydrogen-bond donors (Lipinski definition) is 1. The molecule has 218 valence electrons. The zero-order valence-corrected chi connectivity index (χ0v) is 27.7. The Bertz CT molecular complexity index is 1120. The van der Waals surface area contributed by atoms with Crippen molar-refractivity contribution in [2.24, 2.45) is 0 Å². The van der Waals surface area contributed by atoms with Crippen molar-refractivity contribution in [3.8, 4) is 11.5 Å². The van der Waals surface area contributed by atoms with Gasteiger partial charge in [-0.25, -0.2) is 14.2 Å². The predicted octanol–water partition coefficient (Wildman–Crippen LogP) is 11.7. The van der Waals surface area contributed by atoms with Gasteiger partial charge in [-0.15, -0.1) is 0 Å². The number of hydrogen-bond acceptors (Lipinski definition) is 7. The molecule has 1 N–H and O–H groups in total. The quantitative estimate of drug-likeness (QED) is 0.210. The second-order valence-electron chi connectivity index (χ2n) is 6.72. The van der Waals surface area contributed by atoms with Crippen LogP contribution in [0.5, 0.6) is 11.5 Å². The van der Waals surface area contributed by atoms with Crippen molar-refractivity contribution in [3.05, 3.63) is 58.6 Å². The number of benzene rings is 2. The molecule has 38 heavy (non-hydrogen) atoms. The van der Waals surface area contributed by atoms with Crippen molar-refractivity contribution in [3.63, 3.8) is 0 Å². The Labute approximate surface area is 260 Å². The van der Waals surface area contributed by atoms with Gasteiger partial charge in [-0.05, 0) is 103 Å². The molecule has 0 saturated heterocycles. The summed E-state index contributed by atoms with van der Waals surface area (Å²) in [6.07, 6.45) is -3.77. The first-order valence-corrected chi connectivity index (χ1v) is 20.7. The molecule has 2 aromatic rings. The lowest BCUT2D eigenvalue weighted by Crippen LogP contribution is -2.34. The minimum Gasteiger partial charge on any atom is -0.462 e. The molecule has 0 heterocycles. The van der Waals surface area contributed by atoms with E-state index in [9.17, 15) is 18.5 Å². The number of halogens is 8.